The Morgan fingerprint density at radius 2 is 1.78 bits per heavy atom. The van der Waals surface area contributed by atoms with E-state index in [0.29, 0.717) is 5.69 Å². The molecule has 2 aromatic rings. The van der Waals surface area contributed by atoms with Crippen LogP contribution in [0.4, 0.5) is 0 Å². The first-order valence-electron chi connectivity index (χ1n) is 6.09. The minimum Gasteiger partial charge on any atom is -0.387 e. The van der Waals surface area contributed by atoms with Crippen molar-refractivity contribution in [3.8, 4) is 5.69 Å². The zero-order chi connectivity index (χ0) is 13.3. The Balaban J connectivity index is 2.29. The summed E-state index contributed by atoms with van der Waals surface area (Å²) in [6.07, 6.45) is 1.16. The number of hydrogen-bond acceptors (Lipinski definition) is 3. The van der Waals surface area contributed by atoms with Gasteiger partial charge in [-0.3, -0.25) is 0 Å². The number of aliphatic hydroxyl groups excluding tert-OH is 1. The molecule has 4 nitrogen and oxygen atoms in total. The van der Waals surface area contributed by atoms with Crippen LogP contribution in [-0.2, 0) is 5.41 Å². The van der Waals surface area contributed by atoms with Gasteiger partial charge in [0.2, 0.25) is 0 Å². The standard InChI is InChI=1S/C14H19N3O/c1-10(18)13-9-17(16-15-13)12-7-5-11(6-8-12)14(2,3)4/h5-10,18H,1-4H3/t10-/m0/s1. The highest BCUT2D eigenvalue weighted by Crippen LogP contribution is 2.23. The molecule has 0 saturated heterocycles. The third-order valence-corrected chi connectivity index (χ3v) is 2.94. The molecule has 0 spiro atoms. The van der Waals surface area contributed by atoms with Crippen LogP contribution in [0.2, 0.25) is 0 Å². The van der Waals surface area contributed by atoms with Crippen molar-refractivity contribution in [2.45, 2.75) is 39.2 Å². The molecular weight excluding hydrogens is 226 g/mol. The summed E-state index contributed by atoms with van der Waals surface area (Å²) >= 11 is 0. The van der Waals surface area contributed by atoms with Crippen molar-refractivity contribution in [2.24, 2.45) is 0 Å². The van der Waals surface area contributed by atoms with Crippen molar-refractivity contribution >= 4 is 0 Å². The number of hydrogen-bond donors (Lipinski definition) is 1. The van der Waals surface area contributed by atoms with Crippen LogP contribution in [0, 0.1) is 0 Å². The Morgan fingerprint density at radius 1 is 1.17 bits per heavy atom. The second kappa shape index (κ2) is 4.53. The van der Waals surface area contributed by atoms with Gasteiger partial charge in [0.25, 0.3) is 0 Å². The highest BCUT2D eigenvalue weighted by atomic mass is 16.3. The molecule has 1 heterocycles. The summed E-state index contributed by atoms with van der Waals surface area (Å²) in [5, 5.41) is 17.4. The second-order valence-electron chi connectivity index (χ2n) is 5.56. The molecule has 0 unspecified atom stereocenters. The number of nitrogens with zero attached hydrogens (tertiary/aromatic N) is 3. The van der Waals surface area contributed by atoms with Crippen LogP contribution in [0.25, 0.3) is 5.69 Å². The van der Waals surface area contributed by atoms with E-state index in [9.17, 15) is 5.11 Å². The lowest BCUT2D eigenvalue weighted by molar-refractivity contribution is 0.194. The Kier molecular flexibility index (Phi) is 3.22. The highest BCUT2D eigenvalue weighted by molar-refractivity contribution is 5.36. The van der Waals surface area contributed by atoms with Crippen LogP contribution in [0.3, 0.4) is 0 Å². The summed E-state index contributed by atoms with van der Waals surface area (Å²) < 4.78 is 1.68. The first-order valence-corrected chi connectivity index (χ1v) is 6.09. The maximum absolute atomic E-state index is 9.42. The molecule has 2 rings (SSSR count). The molecule has 0 fully saturated rings. The van der Waals surface area contributed by atoms with Gasteiger partial charge in [0, 0.05) is 0 Å². The van der Waals surface area contributed by atoms with E-state index >= 15 is 0 Å². The maximum atomic E-state index is 9.42. The molecule has 1 aromatic heterocycles. The predicted molar refractivity (Wildman–Crippen MR) is 70.7 cm³/mol. The van der Waals surface area contributed by atoms with Crippen molar-refractivity contribution in [3.05, 3.63) is 41.7 Å². The van der Waals surface area contributed by atoms with Crippen LogP contribution in [0.15, 0.2) is 30.5 Å². The fraction of sp³-hybridized carbons (Fsp3) is 0.429. The Labute approximate surface area is 107 Å². The minimum atomic E-state index is -0.590. The molecule has 1 atom stereocenters. The quantitative estimate of drug-likeness (QED) is 0.884. The Bertz CT molecular complexity index is 521. The van der Waals surface area contributed by atoms with Crippen molar-refractivity contribution in [2.75, 3.05) is 0 Å². The first-order chi connectivity index (χ1) is 8.38. The average Bonchev–Trinajstić information content (AvgIpc) is 2.77. The molecule has 0 amide bonds. The Hall–Kier alpha value is -1.68. The van der Waals surface area contributed by atoms with E-state index in [1.54, 1.807) is 17.8 Å². The van der Waals surface area contributed by atoms with Gasteiger partial charge in [-0.2, -0.15) is 0 Å². The molecule has 0 aliphatic carbocycles. The lowest BCUT2D eigenvalue weighted by atomic mass is 9.87. The van der Waals surface area contributed by atoms with Crippen LogP contribution >= 0.6 is 0 Å². The molecule has 0 aliphatic heterocycles. The van der Waals surface area contributed by atoms with Gasteiger partial charge in [0.15, 0.2) is 0 Å². The zero-order valence-electron chi connectivity index (χ0n) is 11.3. The van der Waals surface area contributed by atoms with Gasteiger partial charge in [-0.05, 0) is 30.0 Å². The maximum Gasteiger partial charge on any atom is 0.111 e. The predicted octanol–water partition coefficient (Wildman–Crippen LogP) is 2.62. The summed E-state index contributed by atoms with van der Waals surface area (Å²) in [5.74, 6) is 0. The molecule has 0 saturated carbocycles. The topological polar surface area (TPSA) is 50.9 Å². The van der Waals surface area contributed by atoms with Crippen LogP contribution in [-0.4, -0.2) is 20.1 Å². The number of aromatic nitrogens is 3. The minimum absolute atomic E-state index is 0.145. The summed E-state index contributed by atoms with van der Waals surface area (Å²) in [5.41, 5.74) is 2.95. The molecule has 0 bridgehead atoms. The zero-order valence-corrected chi connectivity index (χ0v) is 11.3. The van der Waals surface area contributed by atoms with E-state index in [-0.39, 0.29) is 5.41 Å². The largest absolute Gasteiger partial charge is 0.387 e. The third-order valence-electron chi connectivity index (χ3n) is 2.94. The van der Waals surface area contributed by atoms with Gasteiger partial charge in [-0.25, -0.2) is 4.68 Å². The third kappa shape index (κ3) is 2.59. The fourth-order valence-corrected chi connectivity index (χ4v) is 1.71. The van der Waals surface area contributed by atoms with Gasteiger partial charge in [0.05, 0.1) is 18.0 Å². The van der Waals surface area contributed by atoms with Crippen LogP contribution in [0.5, 0.6) is 0 Å². The first kappa shape index (κ1) is 12.8. The molecule has 0 radical (unpaired) electrons. The molecule has 18 heavy (non-hydrogen) atoms. The van der Waals surface area contributed by atoms with E-state index in [0.717, 1.165) is 5.69 Å². The monoisotopic (exact) mass is 245 g/mol. The molecule has 4 heteroatoms. The summed E-state index contributed by atoms with van der Waals surface area (Å²) in [7, 11) is 0. The number of aliphatic hydroxyl groups is 1. The molecule has 0 aliphatic rings. The molecule has 1 N–H and O–H groups in total. The lowest BCUT2D eigenvalue weighted by Gasteiger charge is -2.19. The average molecular weight is 245 g/mol. The summed E-state index contributed by atoms with van der Waals surface area (Å²) in [6, 6.07) is 8.22. The van der Waals surface area contributed by atoms with E-state index in [4.69, 9.17) is 0 Å². The van der Waals surface area contributed by atoms with Crippen molar-refractivity contribution in [1.82, 2.24) is 15.0 Å². The highest BCUT2D eigenvalue weighted by Gasteiger charge is 2.13. The van der Waals surface area contributed by atoms with Gasteiger partial charge >= 0.3 is 0 Å². The summed E-state index contributed by atoms with van der Waals surface area (Å²) in [4.78, 5) is 0. The van der Waals surface area contributed by atoms with Crippen LogP contribution in [0.1, 0.15) is 45.1 Å². The van der Waals surface area contributed by atoms with Gasteiger partial charge < -0.3 is 5.11 Å². The van der Waals surface area contributed by atoms with Gasteiger partial charge in [-0.1, -0.05) is 38.1 Å². The molecule has 96 valence electrons. The number of benzene rings is 1. The van der Waals surface area contributed by atoms with Gasteiger partial charge in [0.1, 0.15) is 5.69 Å². The van der Waals surface area contributed by atoms with Crippen LogP contribution < -0.4 is 0 Å². The fourth-order valence-electron chi connectivity index (χ4n) is 1.71. The second-order valence-corrected chi connectivity index (χ2v) is 5.56. The van der Waals surface area contributed by atoms with E-state index < -0.39 is 6.10 Å². The SMILES string of the molecule is C[C@H](O)c1cn(-c2ccc(C(C)(C)C)cc2)nn1. The van der Waals surface area contributed by atoms with E-state index in [1.807, 2.05) is 12.1 Å². The van der Waals surface area contributed by atoms with Crippen molar-refractivity contribution in [3.63, 3.8) is 0 Å². The normalized spacial score (nSPS) is 13.6. The van der Waals surface area contributed by atoms with E-state index in [1.165, 1.54) is 5.56 Å². The molecular formula is C14H19N3O. The van der Waals surface area contributed by atoms with Gasteiger partial charge in [-0.15, -0.1) is 5.10 Å². The Morgan fingerprint density at radius 3 is 2.22 bits per heavy atom. The van der Waals surface area contributed by atoms with Crippen molar-refractivity contribution < 1.29 is 5.11 Å². The number of rotatable bonds is 2. The smallest absolute Gasteiger partial charge is 0.111 e. The van der Waals surface area contributed by atoms with E-state index in [2.05, 4.69) is 43.2 Å². The molecule has 1 aromatic carbocycles. The lowest BCUT2D eigenvalue weighted by Crippen LogP contribution is -2.10. The summed E-state index contributed by atoms with van der Waals surface area (Å²) in [6.45, 7) is 8.23. The van der Waals surface area contributed by atoms with Crippen molar-refractivity contribution in [1.29, 1.82) is 0 Å².